The maximum absolute atomic E-state index is 12.2. The van der Waals surface area contributed by atoms with E-state index in [-0.39, 0.29) is 5.95 Å². The largest absolute Gasteiger partial charge is 0.479 e. The predicted molar refractivity (Wildman–Crippen MR) is 39.2 cm³/mol. The second-order valence-electron chi connectivity index (χ2n) is 2.01. The number of hydrogen-bond donors (Lipinski definition) is 2. The number of hydrogen-bond acceptors (Lipinski definition) is 5. The normalized spacial score (nSPS) is 9.62. The fraction of sp³-hybridized carbons (Fsp3) is 0.167. The zero-order valence-corrected chi connectivity index (χ0v) is 6.40. The summed E-state index contributed by atoms with van der Waals surface area (Å²) in [5, 5.41) is 8.17. The van der Waals surface area contributed by atoms with E-state index in [0.29, 0.717) is 0 Å². The molecular weight excluding hydrogens is 181 g/mol. The first kappa shape index (κ1) is 9.33. The number of rotatable bonds is 4. The summed E-state index contributed by atoms with van der Waals surface area (Å²) in [6.07, 6.45) is 1.86. The minimum absolute atomic E-state index is 0.00245. The van der Waals surface area contributed by atoms with E-state index in [4.69, 9.17) is 5.11 Å². The second kappa shape index (κ2) is 4.31. The fourth-order valence-electron chi connectivity index (χ4n) is 0.527. The Kier molecular flexibility index (Phi) is 3.09. The van der Waals surface area contributed by atoms with Gasteiger partial charge in [0, 0.05) is 0 Å². The van der Waals surface area contributed by atoms with Crippen molar-refractivity contribution in [1.29, 1.82) is 0 Å². The van der Waals surface area contributed by atoms with Gasteiger partial charge >= 0.3 is 5.97 Å². The van der Waals surface area contributed by atoms with E-state index in [1.807, 2.05) is 0 Å². The van der Waals surface area contributed by atoms with Crippen LogP contribution < -0.4 is 5.48 Å². The van der Waals surface area contributed by atoms with Gasteiger partial charge in [-0.05, 0) is 0 Å². The molecule has 0 aliphatic heterocycles. The molecule has 0 radical (unpaired) electrons. The zero-order chi connectivity index (χ0) is 9.68. The molecule has 0 spiro atoms. The van der Waals surface area contributed by atoms with Gasteiger partial charge in [-0.3, -0.25) is 4.84 Å². The standard InChI is InChI=1S/C6H6FN3O3/c7-4-1-8-6(9-2-4)10-13-3-5(11)12/h1-2H,3H2,(H,11,12)(H,8,9,10). The minimum Gasteiger partial charge on any atom is -0.479 e. The second-order valence-corrected chi connectivity index (χ2v) is 2.01. The van der Waals surface area contributed by atoms with Crippen LogP contribution in [0.15, 0.2) is 12.4 Å². The van der Waals surface area contributed by atoms with Crippen molar-refractivity contribution < 1.29 is 19.1 Å². The van der Waals surface area contributed by atoms with Gasteiger partial charge in [0.25, 0.3) is 0 Å². The summed E-state index contributed by atoms with van der Waals surface area (Å²) in [6.45, 7) is -0.527. The summed E-state index contributed by atoms with van der Waals surface area (Å²) in [7, 11) is 0. The number of nitrogens with one attached hydrogen (secondary N) is 1. The van der Waals surface area contributed by atoms with Crippen LogP contribution in [0, 0.1) is 5.82 Å². The third-order valence-electron chi connectivity index (χ3n) is 0.979. The average Bonchev–Trinajstić information content (AvgIpc) is 2.08. The van der Waals surface area contributed by atoms with E-state index in [1.54, 1.807) is 0 Å². The third-order valence-corrected chi connectivity index (χ3v) is 0.979. The van der Waals surface area contributed by atoms with Crippen LogP contribution in [0.3, 0.4) is 0 Å². The lowest BCUT2D eigenvalue weighted by Gasteiger charge is -2.01. The van der Waals surface area contributed by atoms with Crippen LogP contribution in [-0.2, 0) is 9.63 Å². The molecule has 6 nitrogen and oxygen atoms in total. The Morgan fingerprint density at radius 1 is 1.62 bits per heavy atom. The number of carbonyl (C=O) groups is 1. The van der Waals surface area contributed by atoms with Crippen molar-refractivity contribution in [2.75, 3.05) is 12.1 Å². The fourth-order valence-corrected chi connectivity index (χ4v) is 0.527. The number of anilines is 1. The molecule has 70 valence electrons. The molecule has 13 heavy (non-hydrogen) atoms. The molecule has 7 heteroatoms. The number of halogens is 1. The molecule has 1 heterocycles. The maximum Gasteiger partial charge on any atom is 0.332 e. The van der Waals surface area contributed by atoms with Gasteiger partial charge in [-0.25, -0.2) is 24.6 Å². The summed E-state index contributed by atoms with van der Waals surface area (Å²) in [5.74, 6) is -1.71. The molecule has 1 aromatic heterocycles. The molecule has 0 saturated heterocycles. The average molecular weight is 187 g/mol. The van der Waals surface area contributed by atoms with E-state index in [2.05, 4.69) is 20.3 Å². The highest BCUT2D eigenvalue weighted by Gasteiger charge is 1.98. The third kappa shape index (κ3) is 3.43. The molecule has 1 aromatic rings. The maximum atomic E-state index is 12.2. The Hall–Kier alpha value is -1.76. The number of aliphatic carboxylic acids is 1. The molecule has 0 bridgehead atoms. The van der Waals surface area contributed by atoms with Crippen molar-refractivity contribution in [3.05, 3.63) is 18.2 Å². The molecule has 1 rings (SSSR count). The lowest BCUT2D eigenvalue weighted by molar-refractivity contribution is -0.141. The molecule has 2 N–H and O–H groups in total. The van der Waals surface area contributed by atoms with Crippen LogP contribution in [0.1, 0.15) is 0 Å². The lowest BCUT2D eigenvalue weighted by Crippen LogP contribution is -2.12. The molecule has 0 unspecified atom stereocenters. The van der Waals surface area contributed by atoms with Crippen LogP contribution in [0.5, 0.6) is 0 Å². The van der Waals surface area contributed by atoms with Gasteiger partial charge in [-0.1, -0.05) is 0 Å². The highest BCUT2D eigenvalue weighted by atomic mass is 19.1. The van der Waals surface area contributed by atoms with Crippen LogP contribution >= 0.6 is 0 Å². The highest BCUT2D eigenvalue weighted by Crippen LogP contribution is 1.97. The molecule has 0 aliphatic rings. The van der Waals surface area contributed by atoms with E-state index in [0.717, 1.165) is 12.4 Å². The van der Waals surface area contributed by atoms with Gasteiger partial charge in [-0.15, -0.1) is 0 Å². The molecule has 0 amide bonds. The Balaban J connectivity index is 2.37. The molecule has 0 aromatic carbocycles. The van der Waals surface area contributed by atoms with Crippen LogP contribution in [-0.4, -0.2) is 27.7 Å². The van der Waals surface area contributed by atoms with E-state index in [1.165, 1.54) is 0 Å². The van der Waals surface area contributed by atoms with E-state index in [9.17, 15) is 9.18 Å². The summed E-state index contributed by atoms with van der Waals surface area (Å²) in [5.41, 5.74) is 2.13. The summed E-state index contributed by atoms with van der Waals surface area (Å²) in [4.78, 5) is 21.3. The number of nitrogens with zero attached hydrogens (tertiary/aromatic N) is 2. The first-order chi connectivity index (χ1) is 6.18. The van der Waals surface area contributed by atoms with Crippen molar-refractivity contribution in [2.24, 2.45) is 0 Å². The zero-order valence-electron chi connectivity index (χ0n) is 6.40. The molecule has 0 saturated carbocycles. The van der Waals surface area contributed by atoms with Crippen molar-refractivity contribution in [1.82, 2.24) is 9.97 Å². The van der Waals surface area contributed by atoms with Crippen molar-refractivity contribution in [3.8, 4) is 0 Å². The molecular formula is C6H6FN3O3. The summed E-state index contributed by atoms with van der Waals surface area (Å²) in [6, 6.07) is 0. The quantitative estimate of drug-likeness (QED) is 0.647. The van der Waals surface area contributed by atoms with Gasteiger partial charge in [0.2, 0.25) is 5.95 Å². The smallest absolute Gasteiger partial charge is 0.332 e. The Bertz CT molecular complexity index is 290. The van der Waals surface area contributed by atoms with Gasteiger partial charge in [0.05, 0.1) is 12.4 Å². The Morgan fingerprint density at radius 2 is 2.23 bits per heavy atom. The van der Waals surface area contributed by atoms with Gasteiger partial charge < -0.3 is 5.11 Å². The number of carboxylic acid groups (broad SMARTS) is 1. The molecule has 0 fully saturated rings. The number of aromatic nitrogens is 2. The topological polar surface area (TPSA) is 84.3 Å². The monoisotopic (exact) mass is 187 g/mol. The summed E-state index contributed by atoms with van der Waals surface area (Å²) >= 11 is 0. The van der Waals surface area contributed by atoms with Gasteiger partial charge in [0.15, 0.2) is 12.4 Å². The van der Waals surface area contributed by atoms with Crippen molar-refractivity contribution >= 4 is 11.9 Å². The summed E-state index contributed by atoms with van der Waals surface area (Å²) < 4.78 is 12.2. The van der Waals surface area contributed by atoms with Crippen LogP contribution in [0.2, 0.25) is 0 Å². The van der Waals surface area contributed by atoms with Crippen LogP contribution in [0.25, 0.3) is 0 Å². The van der Waals surface area contributed by atoms with E-state index >= 15 is 0 Å². The SMILES string of the molecule is O=C(O)CONc1ncc(F)cn1. The van der Waals surface area contributed by atoms with Crippen molar-refractivity contribution in [2.45, 2.75) is 0 Å². The van der Waals surface area contributed by atoms with Crippen LogP contribution in [0.4, 0.5) is 10.3 Å². The number of carboxylic acids is 1. The predicted octanol–water partition coefficient (Wildman–Crippen LogP) is 0.0438. The first-order valence-electron chi connectivity index (χ1n) is 3.25. The lowest BCUT2D eigenvalue weighted by atomic mass is 10.6. The molecule has 0 atom stereocenters. The van der Waals surface area contributed by atoms with Crippen molar-refractivity contribution in [3.63, 3.8) is 0 Å². The van der Waals surface area contributed by atoms with E-state index < -0.39 is 18.4 Å². The molecule has 0 aliphatic carbocycles. The Morgan fingerprint density at radius 3 is 2.77 bits per heavy atom. The Labute approximate surface area is 72.3 Å². The first-order valence-corrected chi connectivity index (χ1v) is 3.25. The van der Waals surface area contributed by atoms with Gasteiger partial charge in [-0.2, -0.15) is 0 Å². The highest BCUT2D eigenvalue weighted by molar-refractivity contribution is 5.68. The van der Waals surface area contributed by atoms with Gasteiger partial charge in [0.1, 0.15) is 0 Å². The minimum atomic E-state index is -1.13.